The van der Waals surface area contributed by atoms with Gasteiger partial charge in [-0.15, -0.1) is 0 Å². The van der Waals surface area contributed by atoms with E-state index in [0.717, 1.165) is 36.3 Å². The van der Waals surface area contributed by atoms with Gasteiger partial charge in [0.2, 0.25) is 11.8 Å². The van der Waals surface area contributed by atoms with Crippen LogP contribution in [0.15, 0.2) is 82.0 Å². The van der Waals surface area contributed by atoms with Gasteiger partial charge in [0.1, 0.15) is 0 Å². The fourth-order valence-electron chi connectivity index (χ4n) is 5.18. The molecule has 4 aromatic rings. The van der Waals surface area contributed by atoms with Crippen molar-refractivity contribution in [2.24, 2.45) is 5.73 Å². The molecule has 1 aliphatic heterocycles. The normalized spacial score (nSPS) is 14.6. The Balaban J connectivity index is 1.38. The SMILES string of the molecule is CN(C(=O)Cc1ccc2oc(=O)n(Cc3cccc(C(N)=O)c3)c2c1)[C@H](CN1CCCC1)c1ccccc1. The van der Waals surface area contributed by atoms with E-state index >= 15 is 0 Å². The average molecular weight is 513 g/mol. The number of primary amides is 1. The third-order valence-corrected chi connectivity index (χ3v) is 7.31. The van der Waals surface area contributed by atoms with E-state index in [9.17, 15) is 14.4 Å². The topological polar surface area (TPSA) is 102 Å². The summed E-state index contributed by atoms with van der Waals surface area (Å²) < 4.78 is 6.95. The zero-order valence-electron chi connectivity index (χ0n) is 21.5. The Morgan fingerprint density at radius 1 is 0.974 bits per heavy atom. The molecule has 1 atom stereocenters. The summed E-state index contributed by atoms with van der Waals surface area (Å²) in [7, 11) is 1.87. The Kier molecular flexibility index (Phi) is 7.42. The molecule has 1 saturated heterocycles. The van der Waals surface area contributed by atoms with Gasteiger partial charge in [0.05, 0.1) is 24.5 Å². The molecule has 1 aliphatic rings. The Morgan fingerprint density at radius 3 is 2.47 bits per heavy atom. The first kappa shape index (κ1) is 25.5. The van der Waals surface area contributed by atoms with Crippen molar-refractivity contribution in [1.29, 1.82) is 0 Å². The van der Waals surface area contributed by atoms with Crippen molar-refractivity contribution < 1.29 is 14.0 Å². The minimum absolute atomic E-state index is 0.00366. The zero-order chi connectivity index (χ0) is 26.6. The number of likely N-dealkylation sites (N-methyl/N-ethyl adjacent to an activating group) is 1. The highest BCUT2D eigenvalue weighted by Crippen LogP contribution is 2.24. The third-order valence-electron chi connectivity index (χ3n) is 7.31. The number of rotatable bonds is 9. The van der Waals surface area contributed by atoms with Crippen molar-refractivity contribution >= 4 is 22.9 Å². The molecule has 3 aromatic carbocycles. The summed E-state index contributed by atoms with van der Waals surface area (Å²) in [6.07, 6.45) is 2.59. The van der Waals surface area contributed by atoms with E-state index < -0.39 is 11.7 Å². The van der Waals surface area contributed by atoms with Crippen molar-refractivity contribution in [2.45, 2.75) is 31.8 Å². The van der Waals surface area contributed by atoms with Crippen LogP contribution in [0.2, 0.25) is 0 Å². The monoisotopic (exact) mass is 512 g/mol. The highest BCUT2D eigenvalue weighted by atomic mass is 16.4. The number of nitrogens with two attached hydrogens (primary N) is 1. The molecule has 8 heteroatoms. The van der Waals surface area contributed by atoms with Crippen LogP contribution in [-0.4, -0.2) is 52.9 Å². The fourth-order valence-corrected chi connectivity index (χ4v) is 5.18. The molecule has 0 aliphatic carbocycles. The predicted octanol–water partition coefficient (Wildman–Crippen LogP) is 3.58. The van der Waals surface area contributed by atoms with Crippen LogP contribution >= 0.6 is 0 Å². The summed E-state index contributed by atoms with van der Waals surface area (Å²) in [4.78, 5) is 42.0. The van der Waals surface area contributed by atoms with Gasteiger partial charge >= 0.3 is 5.76 Å². The number of hydrogen-bond acceptors (Lipinski definition) is 5. The Morgan fingerprint density at radius 2 is 1.74 bits per heavy atom. The second-order valence-corrected chi connectivity index (χ2v) is 9.94. The molecular weight excluding hydrogens is 480 g/mol. The molecule has 0 saturated carbocycles. The molecule has 0 radical (unpaired) electrons. The number of fused-ring (bicyclic) bond motifs is 1. The number of likely N-dealkylation sites (tertiary alicyclic amines) is 1. The molecule has 0 spiro atoms. The highest BCUT2D eigenvalue weighted by Gasteiger charge is 2.26. The van der Waals surface area contributed by atoms with Crippen molar-refractivity contribution in [3.05, 3.63) is 106 Å². The van der Waals surface area contributed by atoms with Crippen LogP contribution in [0.3, 0.4) is 0 Å². The van der Waals surface area contributed by atoms with E-state index in [1.165, 1.54) is 17.4 Å². The van der Waals surface area contributed by atoms with E-state index in [-0.39, 0.29) is 24.9 Å². The largest absolute Gasteiger partial charge is 0.420 e. The molecular formula is C30H32N4O4. The Labute approximate surface area is 221 Å². The summed E-state index contributed by atoms with van der Waals surface area (Å²) in [6, 6.07) is 22.4. The van der Waals surface area contributed by atoms with Gasteiger partial charge in [-0.25, -0.2) is 4.79 Å². The lowest BCUT2D eigenvalue weighted by Crippen LogP contribution is -2.39. The van der Waals surface area contributed by atoms with Crippen molar-refractivity contribution in [3.63, 3.8) is 0 Å². The van der Waals surface area contributed by atoms with Gasteiger partial charge in [-0.2, -0.15) is 0 Å². The lowest BCUT2D eigenvalue weighted by molar-refractivity contribution is -0.131. The molecule has 2 N–H and O–H groups in total. The van der Waals surface area contributed by atoms with Gasteiger partial charge in [0.15, 0.2) is 5.58 Å². The number of carbonyl (C=O) groups is 2. The molecule has 1 fully saturated rings. The van der Waals surface area contributed by atoms with E-state index in [0.29, 0.717) is 16.7 Å². The van der Waals surface area contributed by atoms with Crippen LogP contribution in [0.1, 0.15) is 45.9 Å². The number of nitrogens with zero attached hydrogens (tertiary/aromatic N) is 3. The van der Waals surface area contributed by atoms with Gasteiger partial charge in [-0.1, -0.05) is 48.5 Å². The maximum absolute atomic E-state index is 13.5. The summed E-state index contributed by atoms with van der Waals surface area (Å²) >= 11 is 0. The molecule has 5 rings (SSSR count). The van der Waals surface area contributed by atoms with Gasteiger partial charge in [-0.05, 0) is 66.9 Å². The Bertz CT molecular complexity index is 1500. The first-order valence-corrected chi connectivity index (χ1v) is 12.9. The smallest absolute Gasteiger partial charge is 0.408 e. The van der Waals surface area contributed by atoms with Crippen LogP contribution in [0.5, 0.6) is 0 Å². The maximum atomic E-state index is 13.5. The predicted molar refractivity (Wildman–Crippen MR) is 146 cm³/mol. The third kappa shape index (κ3) is 5.55. The lowest BCUT2D eigenvalue weighted by atomic mass is 10.0. The number of benzene rings is 3. The first-order chi connectivity index (χ1) is 18.4. The number of aromatic nitrogens is 1. The second-order valence-electron chi connectivity index (χ2n) is 9.94. The molecule has 38 heavy (non-hydrogen) atoms. The molecule has 2 heterocycles. The molecule has 1 aromatic heterocycles. The van der Waals surface area contributed by atoms with Crippen LogP contribution in [0, 0.1) is 0 Å². The van der Waals surface area contributed by atoms with Gasteiger partial charge in [-0.3, -0.25) is 14.2 Å². The van der Waals surface area contributed by atoms with Gasteiger partial charge in [0, 0.05) is 19.2 Å². The minimum Gasteiger partial charge on any atom is -0.408 e. The van der Waals surface area contributed by atoms with E-state index in [4.69, 9.17) is 10.2 Å². The quantitative estimate of drug-likeness (QED) is 0.369. The summed E-state index contributed by atoms with van der Waals surface area (Å²) in [5.74, 6) is -1.02. The molecule has 2 amide bonds. The lowest BCUT2D eigenvalue weighted by Gasteiger charge is -2.32. The van der Waals surface area contributed by atoms with E-state index in [1.807, 2.05) is 48.3 Å². The average Bonchev–Trinajstić information content (AvgIpc) is 3.55. The second kappa shape index (κ2) is 11.1. The highest BCUT2D eigenvalue weighted by molar-refractivity contribution is 5.92. The number of oxazole rings is 1. The van der Waals surface area contributed by atoms with Crippen molar-refractivity contribution in [2.75, 3.05) is 26.7 Å². The minimum atomic E-state index is -0.528. The van der Waals surface area contributed by atoms with Crippen LogP contribution < -0.4 is 11.5 Å². The molecule has 0 bridgehead atoms. The van der Waals surface area contributed by atoms with Crippen LogP contribution in [-0.2, 0) is 17.8 Å². The fraction of sp³-hybridized carbons (Fsp3) is 0.300. The summed E-state index contributed by atoms with van der Waals surface area (Å²) in [6.45, 7) is 3.14. The maximum Gasteiger partial charge on any atom is 0.420 e. The zero-order valence-corrected chi connectivity index (χ0v) is 21.5. The van der Waals surface area contributed by atoms with Crippen LogP contribution in [0.4, 0.5) is 0 Å². The Hall–Kier alpha value is -4.17. The number of amides is 2. The number of carbonyl (C=O) groups excluding carboxylic acids is 2. The van der Waals surface area contributed by atoms with E-state index in [1.54, 1.807) is 24.3 Å². The molecule has 8 nitrogen and oxygen atoms in total. The van der Waals surface area contributed by atoms with Gasteiger partial charge < -0.3 is 20.0 Å². The number of hydrogen-bond donors (Lipinski definition) is 1. The molecule has 196 valence electrons. The van der Waals surface area contributed by atoms with Crippen molar-refractivity contribution in [1.82, 2.24) is 14.4 Å². The van der Waals surface area contributed by atoms with E-state index in [2.05, 4.69) is 17.0 Å². The standard InChI is InChI=1S/C30H32N4O4/c1-32(26(20-33-14-5-6-15-33)23-9-3-2-4-10-23)28(35)18-21-12-13-27-25(17-21)34(30(37)38-27)19-22-8-7-11-24(16-22)29(31)36/h2-4,7-13,16-17,26H,5-6,14-15,18-20H2,1H3,(H2,31,36)/t26-/m1/s1. The molecule has 0 unspecified atom stereocenters. The van der Waals surface area contributed by atoms with Gasteiger partial charge in [0.25, 0.3) is 0 Å². The summed E-state index contributed by atoms with van der Waals surface area (Å²) in [5, 5.41) is 0. The first-order valence-electron chi connectivity index (χ1n) is 12.9. The van der Waals surface area contributed by atoms with Crippen LogP contribution in [0.25, 0.3) is 11.1 Å². The summed E-state index contributed by atoms with van der Waals surface area (Å²) in [5.41, 5.74) is 9.49. The van der Waals surface area contributed by atoms with Crippen molar-refractivity contribution in [3.8, 4) is 0 Å².